The largest absolute Gasteiger partial charge is 0.489 e. The molecule has 0 bridgehead atoms. The van der Waals surface area contributed by atoms with Crippen molar-refractivity contribution in [3.05, 3.63) is 45.6 Å². The lowest BCUT2D eigenvalue weighted by atomic mass is 9.99. The fourth-order valence-electron chi connectivity index (χ4n) is 2.33. The highest BCUT2D eigenvalue weighted by molar-refractivity contribution is 7.08. The minimum atomic E-state index is -0.115. The van der Waals surface area contributed by atoms with Crippen molar-refractivity contribution in [2.75, 3.05) is 13.2 Å². The molecule has 0 saturated heterocycles. The third-order valence-corrected chi connectivity index (χ3v) is 4.48. The topological polar surface area (TPSA) is 44.5 Å². The molecule has 0 amide bonds. The first kappa shape index (κ1) is 13.5. The summed E-state index contributed by atoms with van der Waals surface area (Å²) in [6.45, 7) is 5.59. The summed E-state index contributed by atoms with van der Waals surface area (Å²) >= 11 is 1.69. The second-order valence-electron chi connectivity index (χ2n) is 5.42. The predicted molar refractivity (Wildman–Crippen MR) is 81.7 cm³/mol. The van der Waals surface area contributed by atoms with Crippen LogP contribution in [0.3, 0.4) is 0 Å². The van der Waals surface area contributed by atoms with E-state index in [2.05, 4.69) is 24.6 Å². The second kappa shape index (κ2) is 5.46. The molecular formula is C16H19NO2S. The molecule has 1 aromatic heterocycles. The first-order valence-corrected chi connectivity index (χ1v) is 7.77. The van der Waals surface area contributed by atoms with Crippen LogP contribution >= 0.6 is 11.3 Å². The summed E-state index contributed by atoms with van der Waals surface area (Å²) in [6.07, 6.45) is 0. The van der Waals surface area contributed by atoms with Gasteiger partial charge in [-0.05, 0) is 46.5 Å². The number of benzene rings is 1. The van der Waals surface area contributed by atoms with Crippen molar-refractivity contribution in [1.29, 1.82) is 0 Å². The van der Waals surface area contributed by atoms with Gasteiger partial charge in [0.05, 0.1) is 19.3 Å². The van der Waals surface area contributed by atoms with Gasteiger partial charge in [0, 0.05) is 5.92 Å². The maximum atomic E-state index is 6.37. The van der Waals surface area contributed by atoms with Crippen LogP contribution in [0.5, 0.6) is 11.5 Å². The summed E-state index contributed by atoms with van der Waals surface area (Å²) < 4.78 is 11.6. The van der Waals surface area contributed by atoms with Gasteiger partial charge in [-0.3, -0.25) is 0 Å². The fraction of sp³-hybridized carbons (Fsp3) is 0.375. The third kappa shape index (κ3) is 2.53. The van der Waals surface area contributed by atoms with Crippen LogP contribution in [0.25, 0.3) is 0 Å². The van der Waals surface area contributed by atoms with E-state index in [0.29, 0.717) is 19.1 Å². The average Bonchev–Trinajstić information content (AvgIpc) is 2.79. The minimum absolute atomic E-state index is 0.115. The summed E-state index contributed by atoms with van der Waals surface area (Å²) in [5.74, 6) is 2.01. The Hall–Kier alpha value is -1.52. The van der Waals surface area contributed by atoms with Gasteiger partial charge in [-0.15, -0.1) is 0 Å². The molecule has 0 saturated carbocycles. The van der Waals surface area contributed by atoms with Crippen molar-refractivity contribution in [3.8, 4) is 11.5 Å². The molecule has 3 rings (SSSR count). The lowest BCUT2D eigenvalue weighted by Crippen LogP contribution is -2.12. The van der Waals surface area contributed by atoms with Gasteiger partial charge in [0.15, 0.2) is 11.5 Å². The van der Waals surface area contributed by atoms with E-state index < -0.39 is 0 Å². The molecule has 2 N–H and O–H groups in total. The molecule has 1 aliphatic heterocycles. The molecule has 0 radical (unpaired) electrons. The van der Waals surface area contributed by atoms with Crippen molar-refractivity contribution in [2.24, 2.45) is 11.7 Å². The van der Waals surface area contributed by atoms with E-state index in [1.807, 2.05) is 18.2 Å². The molecule has 1 aromatic carbocycles. The van der Waals surface area contributed by atoms with Gasteiger partial charge in [-0.25, -0.2) is 0 Å². The lowest BCUT2D eigenvalue weighted by molar-refractivity contribution is 0.228. The normalized spacial score (nSPS) is 19.4. The van der Waals surface area contributed by atoms with Gasteiger partial charge >= 0.3 is 0 Å². The first-order valence-electron chi connectivity index (χ1n) is 6.83. The highest BCUT2D eigenvalue weighted by Crippen LogP contribution is 2.35. The molecule has 0 spiro atoms. The zero-order chi connectivity index (χ0) is 14.1. The zero-order valence-corrected chi connectivity index (χ0v) is 12.6. The molecule has 2 unspecified atom stereocenters. The van der Waals surface area contributed by atoms with Crippen LogP contribution in [-0.4, -0.2) is 13.2 Å². The maximum Gasteiger partial charge on any atom is 0.161 e. The number of thiophene rings is 1. The molecule has 0 fully saturated rings. The highest BCUT2D eigenvalue weighted by atomic mass is 32.1. The Morgan fingerprint density at radius 3 is 2.65 bits per heavy atom. The molecular weight excluding hydrogens is 270 g/mol. The van der Waals surface area contributed by atoms with E-state index in [1.54, 1.807) is 11.3 Å². The summed E-state index contributed by atoms with van der Waals surface area (Å²) in [4.78, 5) is 0. The van der Waals surface area contributed by atoms with Crippen LogP contribution < -0.4 is 15.2 Å². The van der Waals surface area contributed by atoms with Crippen molar-refractivity contribution >= 4 is 11.3 Å². The Morgan fingerprint density at radius 2 is 1.95 bits per heavy atom. The quantitative estimate of drug-likeness (QED) is 0.920. The molecule has 3 nitrogen and oxygen atoms in total. The van der Waals surface area contributed by atoms with Crippen LogP contribution in [0.15, 0.2) is 29.0 Å². The van der Waals surface area contributed by atoms with Gasteiger partial charge in [-0.1, -0.05) is 13.0 Å². The van der Waals surface area contributed by atoms with Gasteiger partial charge in [-0.2, -0.15) is 11.3 Å². The van der Waals surface area contributed by atoms with E-state index in [4.69, 9.17) is 15.2 Å². The van der Waals surface area contributed by atoms with Crippen LogP contribution in [0.1, 0.15) is 29.7 Å². The number of hydrogen-bond acceptors (Lipinski definition) is 4. The van der Waals surface area contributed by atoms with E-state index in [1.165, 1.54) is 11.1 Å². The predicted octanol–water partition coefficient (Wildman–Crippen LogP) is 3.51. The Morgan fingerprint density at radius 1 is 1.20 bits per heavy atom. The van der Waals surface area contributed by atoms with Gasteiger partial charge in [0.25, 0.3) is 0 Å². The molecule has 2 aromatic rings. The van der Waals surface area contributed by atoms with Gasteiger partial charge < -0.3 is 15.2 Å². The van der Waals surface area contributed by atoms with E-state index >= 15 is 0 Å². The molecule has 4 heteroatoms. The molecule has 2 heterocycles. The Bertz CT molecular complexity index is 608. The maximum absolute atomic E-state index is 6.37. The minimum Gasteiger partial charge on any atom is -0.489 e. The Kier molecular flexibility index (Phi) is 3.68. The number of nitrogens with two attached hydrogens (primary N) is 1. The number of fused-ring (bicyclic) bond motifs is 1. The number of hydrogen-bond donors (Lipinski definition) is 1. The average molecular weight is 289 g/mol. The molecule has 0 aliphatic carbocycles. The summed E-state index contributed by atoms with van der Waals surface area (Å²) in [5, 5.41) is 4.24. The smallest absolute Gasteiger partial charge is 0.161 e. The van der Waals surface area contributed by atoms with Crippen LogP contribution in [-0.2, 0) is 0 Å². The van der Waals surface area contributed by atoms with Crippen molar-refractivity contribution in [2.45, 2.75) is 19.9 Å². The van der Waals surface area contributed by atoms with Crippen molar-refractivity contribution < 1.29 is 9.47 Å². The summed E-state index contributed by atoms with van der Waals surface area (Å²) in [5.41, 5.74) is 9.85. The molecule has 20 heavy (non-hydrogen) atoms. The van der Waals surface area contributed by atoms with Crippen LogP contribution in [0, 0.1) is 12.8 Å². The fourth-order valence-corrected chi connectivity index (χ4v) is 3.22. The monoisotopic (exact) mass is 289 g/mol. The number of rotatable bonds is 2. The second-order valence-corrected chi connectivity index (χ2v) is 6.16. The van der Waals surface area contributed by atoms with Gasteiger partial charge in [0.1, 0.15) is 0 Å². The molecule has 1 aliphatic rings. The van der Waals surface area contributed by atoms with Gasteiger partial charge in [0.2, 0.25) is 0 Å². The zero-order valence-electron chi connectivity index (χ0n) is 11.8. The Balaban J connectivity index is 1.91. The van der Waals surface area contributed by atoms with E-state index in [-0.39, 0.29) is 6.04 Å². The van der Waals surface area contributed by atoms with Crippen LogP contribution in [0.2, 0.25) is 0 Å². The molecule has 106 valence electrons. The van der Waals surface area contributed by atoms with Crippen molar-refractivity contribution in [1.82, 2.24) is 0 Å². The molecule has 2 atom stereocenters. The summed E-state index contributed by atoms with van der Waals surface area (Å²) in [6, 6.07) is 5.88. The third-order valence-electron chi connectivity index (χ3n) is 3.60. The first-order chi connectivity index (χ1) is 9.65. The Labute approximate surface area is 123 Å². The number of aryl methyl sites for hydroxylation is 1. The standard InChI is InChI=1S/C16H19NO2S/c1-10-6-18-14-4-3-12(5-15(14)19-7-10)16(17)13-9-20-8-11(13)2/h3-5,8-10,16H,6-7,17H2,1-2H3. The number of ether oxygens (including phenoxy) is 2. The van der Waals surface area contributed by atoms with Crippen LogP contribution in [0.4, 0.5) is 0 Å². The van der Waals surface area contributed by atoms with E-state index in [0.717, 1.165) is 17.1 Å². The lowest BCUT2D eigenvalue weighted by Gasteiger charge is -2.15. The summed E-state index contributed by atoms with van der Waals surface area (Å²) in [7, 11) is 0. The van der Waals surface area contributed by atoms with E-state index in [9.17, 15) is 0 Å². The SMILES string of the molecule is Cc1cscc1C(N)c1ccc2c(c1)OCC(C)CO2. The van der Waals surface area contributed by atoms with Crippen molar-refractivity contribution in [3.63, 3.8) is 0 Å². The highest BCUT2D eigenvalue weighted by Gasteiger charge is 2.18.